The predicted molar refractivity (Wildman–Crippen MR) is 323 cm³/mol. The largest absolute Gasteiger partial charge is 0.494 e. The number of hydrogen-bond acceptors (Lipinski definition) is 15. The number of carbonyl (C=O) groups is 1. The minimum atomic E-state index is -1.41. The van der Waals surface area contributed by atoms with E-state index < -0.39 is 39.0 Å². The highest BCUT2D eigenvalue weighted by Gasteiger charge is 2.40. The number of aromatic nitrogens is 8. The molecule has 17 nitrogen and oxygen atoms in total. The first-order chi connectivity index (χ1) is 38.6. The molecule has 0 aromatic carbocycles. The summed E-state index contributed by atoms with van der Waals surface area (Å²) in [5.41, 5.74) is 9.78. The topological polar surface area (TPSA) is 213 Å². The van der Waals surface area contributed by atoms with Crippen LogP contribution >= 0.6 is 0 Å². The summed E-state index contributed by atoms with van der Waals surface area (Å²) in [5.74, 6) is 1.92. The van der Waals surface area contributed by atoms with Crippen LogP contribution in [0.25, 0.3) is 39.3 Å². The van der Waals surface area contributed by atoms with Gasteiger partial charge in [-0.3, -0.25) is 14.8 Å². The molecule has 21 heteroatoms. The fraction of sp³-hybridized carbons (Fsp3) is 0.590. The number of nitrogens with two attached hydrogens (primary N) is 1. The quantitative estimate of drug-likeness (QED) is 0.0173. The van der Waals surface area contributed by atoms with Crippen molar-refractivity contribution in [3.05, 3.63) is 89.0 Å². The van der Waals surface area contributed by atoms with Crippen molar-refractivity contribution in [2.45, 2.75) is 186 Å². The molecule has 2 aliphatic heterocycles. The Morgan fingerprint density at radius 1 is 0.732 bits per heavy atom. The Morgan fingerprint density at radius 2 is 1.20 bits per heavy atom. The molecule has 0 spiro atoms. The molecule has 2 saturated heterocycles. The van der Waals surface area contributed by atoms with E-state index in [0.717, 1.165) is 67.7 Å². The van der Waals surface area contributed by atoms with Gasteiger partial charge < -0.3 is 40.4 Å². The number of piperidine rings is 1. The summed E-state index contributed by atoms with van der Waals surface area (Å²) in [6.07, 6.45) is 16.4. The minimum Gasteiger partial charge on any atom is -0.494 e. The van der Waals surface area contributed by atoms with Crippen LogP contribution in [0.15, 0.2) is 43.5 Å². The van der Waals surface area contributed by atoms with Gasteiger partial charge in [0.15, 0.2) is 17.1 Å². The fourth-order valence-electron chi connectivity index (χ4n) is 12.5. The second-order valence-corrected chi connectivity index (χ2v) is 38.2. The molecule has 4 fully saturated rings. The van der Waals surface area contributed by atoms with E-state index in [9.17, 15) is 19.4 Å². The molecule has 6 atom stereocenters. The normalized spacial score (nSPS) is 21.0. The number of nitrogens with zero attached hydrogens (tertiary/aromatic N) is 9. The molecule has 6 aromatic rings. The van der Waals surface area contributed by atoms with Crippen LogP contribution in [0.4, 0.5) is 20.4 Å². The molecule has 444 valence electrons. The maximum absolute atomic E-state index is 15.4. The van der Waals surface area contributed by atoms with Crippen molar-refractivity contribution in [3.63, 3.8) is 0 Å². The van der Waals surface area contributed by atoms with Gasteiger partial charge in [-0.05, 0) is 123 Å². The Hall–Kier alpha value is -5.56. The second kappa shape index (κ2) is 24.2. The third-order valence-electron chi connectivity index (χ3n) is 16.7. The zero-order valence-electron chi connectivity index (χ0n) is 50.3. The van der Waals surface area contributed by atoms with E-state index in [-0.39, 0.29) is 34.8 Å². The molecule has 4 aliphatic rings. The van der Waals surface area contributed by atoms with Gasteiger partial charge in [0.25, 0.3) is 0 Å². The second-order valence-electron chi connectivity index (χ2n) is 26.9. The molecule has 0 amide bonds. The standard InChI is InChI=1S/C38H60FN5O4Si2.C23H27FN6O2/c1-11-48-26(2)33-34(29-19-27-12-13-28(18-27)20-29)42-36-31(30-21-32(39)35(40-22-30)38(3,4)45)23-41-44(36)37(33)43(24-46-14-16-49(5,6)7)25-47-15-17-50(8,9)10;1-11(31)18-19(12-6-14-4-5-15(7-12)28-14)29-22-16(10-27-30(22)21(18)25)13-8-17(24)20(26-9-13)23(2,3)32/h21-23,27-29,45H,2,11-20,24-25H2,1,3-10H3;8-10,12,14-15,28,32H,4-7,25H2,1-3H3/t27-,28+,29?;12?,14-,15+. The molecular weight excluding hydrogens is 1080 g/mol. The highest BCUT2D eigenvalue weighted by molar-refractivity contribution is 6.76. The molecule has 8 heterocycles. The summed E-state index contributed by atoms with van der Waals surface area (Å²) in [4.78, 5) is 33.4. The lowest BCUT2D eigenvalue weighted by molar-refractivity contribution is 0.0689. The van der Waals surface area contributed by atoms with Crippen molar-refractivity contribution in [1.82, 2.24) is 44.5 Å². The molecule has 5 N–H and O–H groups in total. The monoisotopic (exact) mass is 1160 g/mol. The van der Waals surface area contributed by atoms with Crippen LogP contribution in [-0.4, -0.2) is 117 Å². The van der Waals surface area contributed by atoms with Crippen molar-refractivity contribution in [3.8, 4) is 22.3 Å². The van der Waals surface area contributed by atoms with Gasteiger partial charge in [-0.1, -0.05) is 58.7 Å². The number of fused-ring (bicyclic) bond motifs is 6. The maximum Gasteiger partial charge on any atom is 0.165 e. The van der Waals surface area contributed by atoms with E-state index in [1.54, 1.807) is 18.6 Å². The zero-order valence-corrected chi connectivity index (χ0v) is 52.3. The molecule has 2 unspecified atom stereocenters. The van der Waals surface area contributed by atoms with Crippen molar-refractivity contribution in [2.24, 2.45) is 11.8 Å². The molecule has 4 bridgehead atoms. The highest BCUT2D eigenvalue weighted by atomic mass is 28.3. The van der Waals surface area contributed by atoms with Crippen LogP contribution in [0.2, 0.25) is 51.4 Å². The average Bonchev–Trinajstić information content (AvgIpc) is 3.90. The van der Waals surface area contributed by atoms with E-state index in [0.29, 0.717) is 108 Å². The van der Waals surface area contributed by atoms with Crippen molar-refractivity contribution in [1.29, 1.82) is 0 Å². The lowest BCUT2D eigenvalue weighted by Gasteiger charge is -2.33. The Morgan fingerprint density at radius 3 is 1.65 bits per heavy atom. The van der Waals surface area contributed by atoms with Gasteiger partial charge >= 0.3 is 0 Å². The summed E-state index contributed by atoms with van der Waals surface area (Å²) >= 11 is 0. The minimum absolute atomic E-state index is 0.00264. The van der Waals surface area contributed by atoms with Crippen LogP contribution in [0.3, 0.4) is 0 Å². The van der Waals surface area contributed by atoms with Gasteiger partial charge in [0.1, 0.15) is 65.1 Å². The number of halogens is 2. The van der Waals surface area contributed by atoms with Crippen LogP contribution < -0.4 is 16.0 Å². The Labute approximate surface area is 483 Å². The first-order valence-electron chi connectivity index (χ1n) is 29.4. The number of nitrogen functional groups attached to an aromatic ring is 1. The lowest BCUT2D eigenvalue weighted by atomic mass is 9.78. The summed E-state index contributed by atoms with van der Waals surface area (Å²) in [6, 6.07) is 5.68. The van der Waals surface area contributed by atoms with E-state index >= 15 is 4.39 Å². The van der Waals surface area contributed by atoms with Crippen LogP contribution in [-0.2, 0) is 25.4 Å². The molecule has 10 rings (SSSR count). The third-order valence-corrected chi connectivity index (χ3v) is 20.1. The summed E-state index contributed by atoms with van der Waals surface area (Å²) in [7, 11) is -2.64. The number of anilines is 2. The molecule has 0 radical (unpaired) electrons. The number of aliphatic hydroxyl groups is 2. The van der Waals surface area contributed by atoms with Crippen molar-refractivity contribution in [2.75, 3.05) is 43.9 Å². The lowest BCUT2D eigenvalue weighted by Crippen LogP contribution is -2.38. The van der Waals surface area contributed by atoms with E-state index in [4.69, 9.17) is 35.0 Å². The van der Waals surface area contributed by atoms with Crippen LogP contribution in [0.1, 0.15) is 150 Å². The number of Topliss-reactive ketones (excluding diaryl/α,β-unsaturated/α-hetero) is 1. The highest BCUT2D eigenvalue weighted by Crippen LogP contribution is 2.50. The Bertz CT molecular complexity index is 3260. The number of nitrogens with one attached hydrogen (secondary N) is 1. The number of rotatable bonds is 21. The van der Waals surface area contributed by atoms with Gasteiger partial charge in [0.05, 0.1) is 41.5 Å². The van der Waals surface area contributed by atoms with Crippen molar-refractivity contribution < 1.29 is 38.0 Å². The summed E-state index contributed by atoms with van der Waals surface area (Å²) in [5, 5.41) is 33.5. The number of ketones is 1. The fourth-order valence-corrected chi connectivity index (χ4v) is 14.1. The molecule has 6 aromatic heterocycles. The number of pyridine rings is 2. The first-order valence-corrected chi connectivity index (χ1v) is 36.9. The Kier molecular flexibility index (Phi) is 18.0. The molecular formula is C61H87F2N11O6Si2. The number of hydrogen-bond donors (Lipinski definition) is 4. The van der Waals surface area contributed by atoms with Gasteiger partial charge in [-0.2, -0.15) is 19.2 Å². The van der Waals surface area contributed by atoms with Crippen LogP contribution in [0, 0.1) is 23.5 Å². The van der Waals surface area contributed by atoms with E-state index in [2.05, 4.69) is 71.1 Å². The van der Waals surface area contributed by atoms with E-state index in [1.165, 1.54) is 76.7 Å². The SMILES string of the molecule is C=C(OCC)c1c(C2C[C@H]3CC[C@@H](C2)C3)nc2c(-c3cnc(C(C)(C)O)c(F)c3)cnn2c1N(COCC[Si](C)(C)C)COCC[Si](C)(C)C.CC(=O)c1c(C2C[C@H]3CC[C@@H](C2)N3)nc2c(-c3cnc(C(C)(C)O)c(F)c3)cnn2c1N. The number of carbonyl (C=O) groups excluding carboxylic acids is 1. The third kappa shape index (κ3) is 13.7. The zero-order chi connectivity index (χ0) is 59.2. The summed E-state index contributed by atoms with van der Waals surface area (Å²) in [6.45, 7) is 30.4. The predicted octanol–water partition coefficient (Wildman–Crippen LogP) is 11.8. The molecule has 82 heavy (non-hydrogen) atoms. The molecule has 2 aliphatic carbocycles. The van der Waals surface area contributed by atoms with Crippen LogP contribution in [0.5, 0.6) is 0 Å². The summed E-state index contributed by atoms with van der Waals surface area (Å²) < 4.78 is 52.5. The van der Waals surface area contributed by atoms with Gasteiger partial charge in [-0.25, -0.2) is 18.7 Å². The number of ether oxygens (including phenoxy) is 3. The van der Waals surface area contributed by atoms with E-state index in [1.807, 2.05) is 11.4 Å². The maximum atomic E-state index is 15.4. The Balaban J connectivity index is 0.000000217. The first kappa shape index (κ1) is 61.0. The van der Waals surface area contributed by atoms with Gasteiger partial charge in [-0.15, -0.1) is 0 Å². The van der Waals surface area contributed by atoms with Gasteiger partial charge in [0, 0.05) is 87.9 Å². The molecule has 2 saturated carbocycles. The van der Waals surface area contributed by atoms with Gasteiger partial charge in [0.2, 0.25) is 0 Å². The average molecular weight is 1160 g/mol. The smallest absolute Gasteiger partial charge is 0.165 e. The van der Waals surface area contributed by atoms with Crippen molar-refractivity contribution >= 4 is 50.6 Å².